The van der Waals surface area contributed by atoms with E-state index in [1.807, 2.05) is 0 Å². The van der Waals surface area contributed by atoms with Gasteiger partial charge in [-0.05, 0) is 0 Å². The molecular weight excluding hydrogens is 178 g/mol. The first kappa shape index (κ1) is 8.20. The van der Waals surface area contributed by atoms with Crippen molar-refractivity contribution in [3.05, 3.63) is 18.7 Å². The van der Waals surface area contributed by atoms with Crippen molar-refractivity contribution in [2.24, 2.45) is 0 Å². The summed E-state index contributed by atoms with van der Waals surface area (Å²) in [5.74, 6) is 2.18. The van der Waals surface area contributed by atoms with Gasteiger partial charge in [0.05, 0.1) is 6.33 Å². The normalized spacial score (nSPS) is 8.82. The van der Waals surface area contributed by atoms with Gasteiger partial charge in [0, 0.05) is 18.3 Å². The fourth-order valence-corrected chi connectivity index (χ4v) is 0.948. The van der Waals surface area contributed by atoms with Gasteiger partial charge in [-0.3, -0.25) is 9.98 Å². The molecule has 1 aromatic rings. The first-order valence-electron chi connectivity index (χ1n) is 2.77. The van der Waals surface area contributed by atoms with Gasteiger partial charge in [-0.15, -0.1) is 12.6 Å². The summed E-state index contributed by atoms with van der Waals surface area (Å²) in [4.78, 5) is 3.80. The van der Waals surface area contributed by atoms with E-state index in [-0.39, 0.29) is 0 Å². The molecule has 0 spiro atoms. The lowest BCUT2D eigenvalue weighted by Gasteiger charge is -1.99. The van der Waals surface area contributed by atoms with Crippen LogP contribution in [0.3, 0.4) is 0 Å². The second kappa shape index (κ2) is 3.48. The highest BCUT2D eigenvalue weighted by Crippen LogP contribution is 2.04. The Balaban J connectivity index is 3.09. The molecule has 1 N–H and O–H groups in total. The van der Waals surface area contributed by atoms with E-state index in [1.54, 1.807) is 23.3 Å². The van der Waals surface area contributed by atoms with E-state index in [0.29, 0.717) is 9.89 Å². The second-order valence-corrected chi connectivity index (χ2v) is 2.91. The number of hydrogen-bond acceptors (Lipinski definition) is 3. The lowest BCUT2D eigenvalue weighted by Crippen LogP contribution is -1.99. The van der Waals surface area contributed by atoms with Gasteiger partial charge in [0.1, 0.15) is 9.89 Å². The number of aromatic nitrogens is 2. The maximum Gasteiger partial charge on any atom is 0.133 e. The second-order valence-electron chi connectivity index (χ2n) is 1.75. The molecule has 1 heterocycles. The van der Waals surface area contributed by atoms with Crippen molar-refractivity contribution in [3.8, 4) is 0 Å². The van der Waals surface area contributed by atoms with E-state index in [0.717, 1.165) is 0 Å². The van der Waals surface area contributed by atoms with E-state index < -0.39 is 0 Å². The molecule has 0 fully saturated rings. The van der Waals surface area contributed by atoms with Gasteiger partial charge in [0.2, 0.25) is 0 Å². The predicted molar refractivity (Wildman–Crippen MR) is 51.2 cm³/mol. The van der Waals surface area contributed by atoms with Crippen LogP contribution in [0.5, 0.6) is 0 Å². The molecule has 0 amide bonds. The number of imidazole rings is 1. The van der Waals surface area contributed by atoms with Crippen molar-refractivity contribution in [1.82, 2.24) is 9.55 Å². The summed E-state index contributed by atoms with van der Waals surface area (Å²) in [6, 6.07) is 0. The standard InChI is InChI=1S/C6H5N3S2/c7-3-5(6(10)11)9-2-1-8-4-9/h1-2,4,7H,(H,10,11). The molecule has 3 nitrogen and oxygen atoms in total. The van der Waals surface area contributed by atoms with Crippen molar-refractivity contribution in [3.63, 3.8) is 0 Å². The van der Waals surface area contributed by atoms with Gasteiger partial charge >= 0.3 is 0 Å². The fraction of sp³-hybridized carbons (Fsp3) is 0. The number of hydrogen-bond donors (Lipinski definition) is 2. The summed E-state index contributed by atoms with van der Waals surface area (Å²) in [6.07, 6.45) is 4.82. The smallest absolute Gasteiger partial charge is 0.133 e. The first-order valence-corrected chi connectivity index (χ1v) is 3.62. The van der Waals surface area contributed by atoms with Gasteiger partial charge in [0.25, 0.3) is 0 Å². The quantitative estimate of drug-likeness (QED) is 0.313. The maximum atomic E-state index is 6.89. The predicted octanol–water partition coefficient (Wildman–Crippen LogP) is 1.23. The Morgan fingerprint density at radius 2 is 2.45 bits per heavy atom. The lowest BCUT2D eigenvalue weighted by atomic mass is 10.5. The molecule has 0 saturated heterocycles. The molecule has 0 aromatic carbocycles. The molecule has 0 aliphatic carbocycles. The zero-order valence-corrected chi connectivity index (χ0v) is 7.19. The third-order valence-electron chi connectivity index (χ3n) is 1.08. The molecule has 5 heteroatoms. The number of nitrogens with zero attached hydrogens (tertiary/aromatic N) is 2. The van der Waals surface area contributed by atoms with E-state index in [2.05, 4.69) is 23.5 Å². The molecule has 11 heavy (non-hydrogen) atoms. The van der Waals surface area contributed by atoms with E-state index in [4.69, 9.17) is 17.6 Å². The third-order valence-corrected chi connectivity index (χ3v) is 1.49. The monoisotopic (exact) mass is 183 g/mol. The van der Waals surface area contributed by atoms with Gasteiger partial charge in [-0.25, -0.2) is 4.98 Å². The van der Waals surface area contributed by atoms with Crippen molar-refractivity contribution in [2.45, 2.75) is 0 Å². The molecule has 0 radical (unpaired) electrons. The van der Waals surface area contributed by atoms with E-state index >= 15 is 0 Å². The van der Waals surface area contributed by atoms with Crippen LogP contribution in [0.15, 0.2) is 18.7 Å². The van der Waals surface area contributed by atoms with Crippen molar-refractivity contribution < 1.29 is 0 Å². The molecule has 56 valence electrons. The Morgan fingerprint density at radius 3 is 2.82 bits per heavy atom. The van der Waals surface area contributed by atoms with Crippen LogP contribution in [0, 0.1) is 5.41 Å². The maximum absolute atomic E-state index is 6.89. The summed E-state index contributed by atoms with van der Waals surface area (Å²) in [5, 5.41) is 6.89. The van der Waals surface area contributed by atoms with Crippen LogP contribution < -0.4 is 0 Å². The first-order chi connectivity index (χ1) is 5.25. The molecule has 0 atom stereocenters. The average Bonchev–Trinajstić information content (AvgIpc) is 2.40. The largest absolute Gasteiger partial charge is 0.296 e. The van der Waals surface area contributed by atoms with Gasteiger partial charge in [0.15, 0.2) is 0 Å². The topological polar surface area (TPSA) is 41.7 Å². The molecule has 0 unspecified atom stereocenters. The molecule has 0 aliphatic rings. The molecule has 0 aliphatic heterocycles. The lowest BCUT2D eigenvalue weighted by molar-refractivity contribution is 1.12. The minimum atomic E-state index is 0.331. The highest BCUT2D eigenvalue weighted by Gasteiger charge is 2.00. The Bertz CT molecular complexity index is 309. The van der Waals surface area contributed by atoms with Gasteiger partial charge in [-0.2, -0.15) is 0 Å². The minimum absolute atomic E-state index is 0.331. The summed E-state index contributed by atoms with van der Waals surface area (Å²) in [5.41, 5.74) is 0.431. The number of thiocarbonyl (C=S) groups is 1. The van der Waals surface area contributed by atoms with Gasteiger partial charge < -0.3 is 0 Å². The molecule has 1 aromatic heterocycles. The highest BCUT2D eigenvalue weighted by atomic mass is 32.1. The van der Waals surface area contributed by atoms with Crippen LogP contribution >= 0.6 is 24.8 Å². The van der Waals surface area contributed by atoms with Crippen LogP contribution in [-0.4, -0.2) is 19.6 Å². The molecular formula is C6H5N3S2. The Kier molecular flexibility index (Phi) is 2.59. The Morgan fingerprint density at radius 1 is 1.73 bits per heavy atom. The van der Waals surface area contributed by atoms with Gasteiger partial charge in [-0.1, -0.05) is 12.2 Å². The van der Waals surface area contributed by atoms with Crippen LogP contribution in [-0.2, 0) is 0 Å². The number of thiol groups is 1. The highest BCUT2D eigenvalue weighted by molar-refractivity contribution is 8.12. The zero-order chi connectivity index (χ0) is 8.27. The van der Waals surface area contributed by atoms with Crippen LogP contribution in [0.2, 0.25) is 0 Å². The minimum Gasteiger partial charge on any atom is -0.296 e. The summed E-state index contributed by atoms with van der Waals surface area (Å²) in [6.45, 7) is 0. The summed E-state index contributed by atoms with van der Waals surface area (Å²) in [7, 11) is 0. The molecule has 1 rings (SSSR count). The molecule has 0 bridgehead atoms. The summed E-state index contributed by atoms with van der Waals surface area (Å²) < 4.78 is 1.92. The van der Waals surface area contributed by atoms with Crippen molar-refractivity contribution >= 4 is 40.6 Å². The van der Waals surface area contributed by atoms with Crippen LogP contribution in [0.4, 0.5) is 0 Å². The van der Waals surface area contributed by atoms with Crippen molar-refractivity contribution in [2.75, 3.05) is 0 Å². The molecule has 0 saturated carbocycles. The summed E-state index contributed by atoms with van der Waals surface area (Å²) >= 11 is 8.68. The van der Waals surface area contributed by atoms with Crippen molar-refractivity contribution in [1.29, 1.82) is 5.41 Å². The Labute approximate surface area is 74.7 Å². The fourth-order valence-electron chi connectivity index (χ4n) is 0.620. The van der Waals surface area contributed by atoms with Crippen LogP contribution in [0.25, 0.3) is 5.70 Å². The Hall–Kier alpha value is -0.900. The van der Waals surface area contributed by atoms with E-state index in [9.17, 15) is 0 Å². The third kappa shape index (κ3) is 1.77. The average molecular weight is 183 g/mol. The number of rotatable bonds is 2. The zero-order valence-electron chi connectivity index (χ0n) is 5.48. The SMILES string of the molecule is N=C=C(C(=S)S)n1ccnc1. The van der Waals surface area contributed by atoms with E-state index in [1.165, 1.54) is 0 Å². The number of nitrogens with one attached hydrogen (secondary N) is 1. The van der Waals surface area contributed by atoms with Crippen LogP contribution in [0.1, 0.15) is 0 Å².